The van der Waals surface area contributed by atoms with Gasteiger partial charge in [0.2, 0.25) is 10.0 Å². The van der Waals surface area contributed by atoms with Crippen molar-refractivity contribution in [1.82, 2.24) is 4.31 Å². The lowest BCUT2D eigenvalue weighted by Crippen LogP contribution is -2.33. The number of ether oxygens (including phenoxy) is 1. The lowest BCUT2D eigenvalue weighted by molar-refractivity contribution is 0.344. The van der Waals surface area contributed by atoms with Gasteiger partial charge in [-0.15, -0.1) is 0 Å². The molecule has 2 N–H and O–H groups in total. The molecule has 0 radical (unpaired) electrons. The fourth-order valence-corrected chi connectivity index (χ4v) is 6.08. The maximum atomic E-state index is 13.3. The Balaban J connectivity index is 1.75. The van der Waals surface area contributed by atoms with Gasteiger partial charge in [-0.05, 0) is 43.7 Å². The molecule has 1 heterocycles. The molecule has 134 valence electrons. The van der Waals surface area contributed by atoms with Crippen LogP contribution < -0.4 is 10.5 Å². The Hall–Kier alpha value is -1.63. The van der Waals surface area contributed by atoms with Gasteiger partial charge >= 0.3 is 0 Å². The average molecular weight is 360 g/mol. The number of nitrogens with zero attached hydrogens (tertiary/aromatic N) is 1. The Bertz CT molecular complexity index is 897. The third-order valence-electron chi connectivity index (χ3n) is 5.64. The van der Waals surface area contributed by atoms with E-state index in [4.69, 9.17) is 10.5 Å². The van der Waals surface area contributed by atoms with E-state index in [0.717, 1.165) is 29.4 Å². The number of rotatable bonds is 4. The van der Waals surface area contributed by atoms with Gasteiger partial charge in [-0.1, -0.05) is 24.3 Å². The highest BCUT2D eigenvalue weighted by molar-refractivity contribution is 7.89. The van der Waals surface area contributed by atoms with Crippen LogP contribution in [0.15, 0.2) is 41.3 Å². The van der Waals surface area contributed by atoms with Gasteiger partial charge in [0.1, 0.15) is 5.75 Å². The van der Waals surface area contributed by atoms with Crippen LogP contribution in [0.3, 0.4) is 0 Å². The lowest BCUT2D eigenvalue weighted by atomic mass is 9.98. The maximum absolute atomic E-state index is 13.3. The van der Waals surface area contributed by atoms with Crippen LogP contribution in [0.4, 0.5) is 0 Å². The highest BCUT2D eigenvalue weighted by Crippen LogP contribution is 2.40. The standard InChI is InChI=1S/C19H24N2O3S/c1-2-24-18-9-10-19(15-6-4-3-5-14(15)18)25(22,23)21-11-13-7-8-17(20)16(13)12-21/h3-6,9-10,13,16-17H,2,7-8,11-12,20H2,1H3. The molecule has 5 nitrogen and oxygen atoms in total. The third-order valence-corrected chi connectivity index (χ3v) is 7.53. The van der Waals surface area contributed by atoms with E-state index in [9.17, 15) is 8.42 Å². The van der Waals surface area contributed by atoms with E-state index in [-0.39, 0.29) is 6.04 Å². The van der Waals surface area contributed by atoms with Crippen LogP contribution in [0.25, 0.3) is 10.8 Å². The molecule has 0 bridgehead atoms. The predicted octanol–water partition coefficient (Wildman–Crippen LogP) is 2.60. The van der Waals surface area contributed by atoms with Gasteiger partial charge in [-0.2, -0.15) is 4.31 Å². The number of benzene rings is 2. The SMILES string of the molecule is CCOc1ccc(S(=O)(=O)N2CC3CCC(N)C3C2)c2ccccc12. The molecule has 1 saturated heterocycles. The van der Waals surface area contributed by atoms with E-state index in [1.165, 1.54) is 0 Å². The molecule has 1 aliphatic carbocycles. The van der Waals surface area contributed by atoms with Gasteiger partial charge in [0.05, 0.1) is 11.5 Å². The van der Waals surface area contributed by atoms with E-state index in [1.54, 1.807) is 16.4 Å². The van der Waals surface area contributed by atoms with Crippen LogP contribution in [0.1, 0.15) is 19.8 Å². The molecule has 3 atom stereocenters. The normalized spacial score (nSPS) is 26.9. The van der Waals surface area contributed by atoms with Crippen molar-refractivity contribution < 1.29 is 13.2 Å². The second-order valence-corrected chi connectivity index (χ2v) is 8.93. The van der Waals surface area contributed by atoms with E-state index in [2.05, 4.69) is 0 Å². The fourth-order valence-electron chi connectivity index (χ4n) is 4.35. The lowest BCUT2D eigenvalue weighted by Gasteiger charge is -2.20. The number of nitrogens with two attached hydrogens (primary N) is 1. The quantitative estimate of drug-likeness (QED) is 0.910. The first kappa shape index (κ1) is 16.8. The van der Waals surface area contributed by atoms with Crippen molar-refractivity contribution in [2.75, 3.05) is 19.7 Å². The molecule has 2 fully saturated rings. The van der Waals surface area contributed by atoms with Crippen LogP contribution in [0, 0.1) is 11.8 Å². The fraction of sp³-hybridized carbons (Fsp3) is 0.474. The summed E-state index contributed by atoms with van der Waals surface area (Å²) < 4.78 is 33.9. The van der Waals surface area contributed by atoms with E-state index >= 15 is 0 Å². The van der Waals surface area contributed by atoms with Crippen LogP contribution in [0.5, 0.6) is 5.75 Å². The zero-order chi connectivity index (χ0) is 17.6. The van der Waals surface area contributed by atoms with E-state index in [1.807, 2.05) is 31.2 Å². The van der Waals surface area contributed by atoms with Crippen LogP contribution >= 0.6 is 0 Å². The summed E-state index contributed by atoms with van der Waals surface area (Å²) in [6.07, 6.45) is 2.04. The van der Waals surface area contributed by atoms with Crippen molar-refractivity contribution >= 4 is 20.8 Å². The smallest absolute Gasteiger partial charge is 0.243 e. The molecular formula is C19H24N2O3S. The van der Waals surface area contributed by atoms with Gasteiger partial charge < -0.3 is 10.5 Å². The minimum Gasteiger partial charge on any atom is -0.493 e. The van der Waals surface area contributed by atoms with Gasteiger partial charge in [0, 0.05) is 29.9 Å². The monoisotopic (exact) mass is 360 g/mol. The average Bonchev–Trinajstić information content (AvgIpc) is 3.18. The molecular weight excluding hydrogens is 336 g/mol. The molecule has 0 aromatic heterocycles. The van der Waals surface area contributed by atoms with Crippen molar-refractivity contribution in [3.05, 3.63) is 36.4 Å². The summed E-state index contributed by atoms with van der Waals surface area (Å²) in [4.78, 5) is 0.361. The summed E-state index contributed by atoms with van der Waals surface area (Å²) >= 11 is 0. The Kier molecular flexibility index (Phi) is 4.22. The molecule has 4 rings (SSSR count). The minimum atomic E-state index is -3.54. The van der Waals surface area contributed by atoms with Crippen molar-refractivity contribution in [2.45, 2.75) is 30.7 Å². The summed E-state index contributed by atoms with van der Waals surface area (Å²) in [6, 6.07) is 11.1. The number of sulfonamides is 1. The summed E-state index contributed by atoms with van der Waals surface area (Å²) in [5, 5.41) is 1.55. The second kappa shape index (κ2) is 6.27. The Morgan fingerprint density at radius 3 is 2.60 bits per heavy atom. The van der Waals surface area contributed by atoms with Gasteiger partial charge in [-0.25, -0.2) is 8.42 Å². The Morgan fingerprint density at radius 2 is 1.88 bits per heavy atom. The highest BCUT2D eigenvalue weighted by atomic mass is 32.2. The van der Waals surface area contributed by atoms with Crippen molar-refractivity contribution in [2.24, 2.45) is 17.6 Å². The molecule has 2 aliphatic rings. The number of fused-ring (bicyclic) bond motifs is 2. The third kappa shape index (κ3) is 2.72. The summed E-state index contributed by atoms with van der Waals surface area (Å²) in [5.74, 6) is 1.42. The van der Waals surface area contributed by atoms with E-state index in [0.29, 0.717) is 36.4 Å². The molecule has 25 heavy (non-hydrogen) atoms. The molecule has 2 aromatic rings. The minimum absolute atomic E-state index is 0.127. The first-order chi connectivity index (χ1) is 12.0. The topological polar surface area (TPSA) is 72.6 Å². The Morgan fingerprint density at radius 1 is 1.12 bits per heavy atom. The van der Waals surface area contributed by atoms with Crippen LogP contribution in [0.2, 0.25) is 0 Å². The zero-order valence-electron chi connectivity index (χ0n) is 14.4. The van der Waals surface area contributed by atoms with Crippen LogP contribution in [-0.2, 0) is 10.0 Å². The second-order valence-electron chi connectivity index (χ2n) is 7.03. The summed E-state index contributed by atoms with van der Waals surface area (Å²) in [5.41, 5.74) is 6.17. The zero-order valence-corrected chi connectivity index (χ0v) is 15.2. The maximum Gasteiger partial charge on any atom is 0.243 e. The summed E-state index contributed by atoms with van der Waals surface area (Å²) in [6.45, 7) is 3.59. The molecule has 2 aromatic carbocycles. The van der Waals surface area contributed by atoms with Crippen molar-refractivity contribution in [3.63, 3.8) is 0 Å². The van der Waals surface area contributed by atoms with Gasteiger partial charge in [-0.3, -0.25) is 0 Å². The van der Waals surface area contributed by atoms with E-state index < -0.39 is 10.0 Å². The van der Waals surface area contributed by atoms with Crippen molar-refractivity contribution in [1.29, 1.82) is 0 Å². The van der Waals surface area contributed by atoms with Gasteiger partial charge in [0.15, 0.2) is 0 Å². The van der Waals surface area contributed by atoms with Gasteiger partial charge in [0.25, 0.3) is 0 Å². The summed E-state index contributed by atoms with van der Waals surface area (Å²) in [7, 11) is -3.54. The highest BCUT2D eigenvalue weighted by Gasteiger charge is 2.45. The first-order valence-electron chi connectivity index (χ1n) is 8.92. The largest absolute Gasteiger partial charge is 0.493 e. The molecule has 3 unspecified atom stereocenters. The number of hydrogen-bond acceptors (Lipinski definition) is 4. The number of hydrogen-bond donors (Lipinski definition) is 1. The molecule has 6 heteroatoms. The molecule has 0 amide bonds. The predicted molar refractivity (Wildman–Crippen MR) is 98.1 cm³/mol. The first-order valence-corrected chi connectivity index (χ1v) is 10.4. The van der Waals surface area contributed by atoms with Crippen LogP contribution in [-0.4, -0.2) is 38.5 Å². The van der Waals surface area contributed by atoms with Crippen molar-refractivity contribution in [3.8, 4) is 5.75 Å². The Labute approximate surface area is 148 Å². The molecule has 1 saturated carbocycles. The molecule has 0 spiro atoms. The molecule has 1 aliphatic heterocycles.